The Morgan fingerprint density at radius 3 is 2.34 bits per heavy atom. The van der Waals surface area contributed by atoms with Crippen molar-refractivity contribution in [3.8, 4) is 17.2 Å². The molecule has 154 valence electrons. The molecule has 0 atom stereocenters. The van der Waals surface area contributed by atoms with Gasteiger partial charge in [-0.3, -0.25) is 4.79 Å². The van der Waals surface area contributed by atoms with E-state index in [4.69, 9.17) is 19.9 Å². The first-order valence-electron chi connectivity index (χ1n) is 8.91. The lowest BCUT2D eigenvalue weighted by Gasteiger charge is -2.15. The summed E-state index contributed by atoms with van der Waals surface area (Å²) in [5, 5.41) is 7.03. The van der Waals surface area contributed by atoms with Crippen LogP contribution in [0.4, 0.5) is 5.95 Å². The maximum absolute atomic E-state index is 12.6. The van der Waals surface area contributed by atoms with E-state index in [9.17, 15) is 4.79 Å². The van der Waals surface area contributed by atoms with Gasteiger partial charge in [0, 0.05) is 23.5 Å². The summed E-state index contributed by atoms with van der Waals surface area (Å²) in [5.41, 5.74) is 8.74. The average Bonchev–Trinajstić information content (AvgIpc) is 3.08. The van der Waals surface area contributed by atoms with Crippen LogP contribution in [0.1, 0.15) is 22.5 Å². The highest BCUT2D eigenvalue weighted by Gasteiger charge is 2.17. The number of hydrogen-bond acceptors (Lipinski definition) is 8. The number of nitrogen functional groups attached to an aromatic ring is 1. The van der Waals surface area contributed by atoms with Crippen LogP contribution in [0.2, 0.25) is 0 Å². The Hall–Kier alpha value is -3.56. The van der Waals surface area contributed by atoms with Gasteiger partial charge in [0.25, 0.3) is 5.78 Å². The van der Waals surface area contributed by atoms with E-state index >= 15 is 0 Å². The van der Waals surface area contributed by atoms with Gasteiger partial charge >= 0.3 is 0 Å². The number of anilines is 1. The van der Waals surface area contributed by atoms with Crippen LogP contribution in [0.25, 0.3) is 5.78 Å². The van der Waals surface area contributed by atoms with Crippen LogP contribution < -0.4 is 25.3 Å². The zero-order valence-electron chi connectivity index (χ0n) is 17.1. The van der Waals surface area contributed by atoms with Crippen LogP contribution in [0.5, 0.6) is 17.2 Å². The van der Waals surface area contributed by atoms with E-state index in [1.54, 1.807) is 38.0 Å². The number of fused-ring (bicyclic) bond motifs is 1. The fraction of sp³-hybridized carbons (Fsp3) is 0.368. The molecule has 2 aromatic heterocycles. The quantitative estimate of drug-likeness (QED) is 0.606. The molecule has 3 aromatic rings. The summed E-state index contributed by atoms with van der Waals surface area (Å²) in [7, 11) is 4.64. The number of aromatic nitrogens is 4. The zero-order chi connectivity index (χ0) is 21.1. The zero-order valence-corrected chi connectivity index (χ0v) is 17.1. The van der Waals surface area contributed by atoms with Crippen LogP contribution in [-0.2, 0) is 17.8 Å². The van der Waals surface area contributed by atoms with Gasteiger partial charge in [0.15, 0.2) is 11.5 Å². The molecule has 0 unspecified atom stereocenters. The van der Waals surface area contributed by atoms with Crippen molar-refractivity contribution in [3.63, 3.8) is 0 Å². The third-order valence-corrected chi connectivity index (χ3v) is 4.62. The SMILES string of the molecule is COc1cc(CNC(=O)Cc2c(C)nc3nc(N)nn3c2C)cc(OC)c1OC. The predicted octanol–water partition coefficient (Wildman–Crippen LogP) is 1.21. The van der Waals surface area contributed by atoms with Gasteiger partial charge in [0.05, 0.1) is 27.8 Å². The van der Waals surface area contributed by atoms with E-state index in [-0.39, 0.29) is 18.3 Å². The molecular weight excluding hydrogens is 376 g/mol. The van der Waals surface area contributed by atoms with E-state index in [1.807, 2.05) is 13.8 Å². The van der Waals surface area contributed by atoms with Gasteiger partial charge in [-0.15, -0.1) is 5.10 Å². The molecule has 0 bridgehead atoms. The van der Waals surface area contributed by atoms with Crippen LogP contribution in [-0.4, -0.2) is 46.8 Å². The van der Waals surface area contributed by atoms with Crippen molar-refractivity contribution in [2.45, 2.75) is 26.8 Å². The van der Waals surface area contributed by atoms with Gasteiger partial charge in [0.2, 0.25) is 17.6 Å². The molecule has 0 saturated heterocycles. The fourth-order valence-electron chi connectivity index (χ4n) is 3.14. The molecule has 0 saturated carbocycles. The Morgan fingerprint density at radius 1 is 1.10 bits per heavy atom. The summed E-state index contributed by atoms with van der Waals surface area (Å²) in [6, 6.07) is 3.59. The predicted molar refractivity (Wildman–Crippen MR) is 106 cm³/mol. The number of amides is 1. The average molecular weight is 400 g/mol. The molecular formula is C19H24N6O4. The van der Waals surface area contributed by atoms with Crippen molar-refractivity contribution in [1.82, 2.24) is 24.9 Å². The van der Waals surface area contributed by atoms with Crippen molar-refractivity contribution in [2.24, 2.45) is 0 Å². The number of aryl methyl sites for hydroxylation is 2. The molecule has 10 heteroatoms. The maximum atomic E-state index is 12.6. The first kappa shape index (κ1) is 20.2. The molecule has 3 N–H and O–H groups in total. The molecule has 10 nitrogen and oxygen atoms in total. The van der Waals surface area contributed by atoms with Crippen molar-refractivity contribution < 1.29 is 19.0 Å². The summed E-state index contributed by atoms with van der Waals surface area (Å²) in [4.78, 5) is 21.0. The van der Waals surface area contributed by atoms with Crippen LogP contribution in [0, 0.1) is 13.8 Å². The molecule has 0 radical (unpaired) electrons. The van der Waals surface area contributed by atoms with Crippen LogP contribution in [0.15, 0.2) is 12.1 Å². The number of benzene rings is 1. The minimum atomic E-state index is -0.154. The molecule has 2 heterocycles. The Morgan fingerprint density at radius 2 is 1.76 bits per heavy atom. The highest BCUT2D eigenvalue weighted by atomic mass is 16.5. The highest BCUT2D eigenvalue weighted by molar-refractivity contribution is 5.79. The van der Waals surface area contributed by atoms with Crippen molar-refractivity contribution in [1.29, 1.82) is 0 Å². The summed E-state index contributed by atoms with van der Waals surface area (Å²) in [5.74, 6) is 1.97. The number of nitrogens with zero attached hydrogens (tertiary/aromatic N) is 4. The Balaban J connectivity index is 1.76. The first-order chi connectivity index (χ1) is 13.9. The second-order valence-electron chi connectivity index (χ2n) is 6.43. The Labute approximate surface area is 168 Å². The molecule has 3 rings (SSSR count). The molecule has 1 amide bonds. The molecule has 1 aromatic carbocycles. The summed E-state index contributed by atoms with van der Waals surface area (Å²) < 4.78 is 17.5. The van der Waals surface area contributed by atoms with Gasteiger partial charge < -0.3 is 25.3 Å². The van der Waals surface area contributed by atoms with Gasteiger partial charge in [-0.25, -0.2) is 4.98 Å². The van der Waals surface area contributed by atoms with Crippen molar-refractivity contribution >= 4 is 17.6 Å². The van der Waals surface area contributed by atoms with E-state index in [2.05, 4.69) is 20.4 Å². The minimum Gasteiger partial charge on any atom is -0.493 e. The summed E-state index contributed by atoms with van der Waals surface area (Å²) in [6.07, 6.45) is 0.158. The lowest BCUT2D eigenvalue weighted by molar-refractivity contribution is -0.120. The molecule has 0 fully saturated rings. The number of nitrogens with two attached hydrogens (primary N) is 1. The van der Waals surface area contributed by atoms with Crippen LogP contribution in [0.3, 0.4) is 0 Å². The van der Waals surface area contributed by atoms with E-state index in [1.165, 1.54) is 0 Å². The number of hydrogen-bond donors (Lipinski definition) is 2. The van der Waals surface area contributed by atoms with Crippen molar-refractivity contribution in [2.75, 3.05) is 27.1 Å². The van der Waals surface area contributed by atoms with Gasteiger partial charge in [-0.2, -0.15) is 9.50 Å². The lowest BCUT2D eigenvalue weighted by atomic mass is 10.1. The molecule has 0 aliphatic rings. The standard InChI is InChI=1S/C19H24N6O4/c1-10-13(11(2)25-19(22-10)23-18(20)24-25)8-16(26)21-9-12-6-14(27-3)17(29-5)15(7-12)28-4/h6-7H,8-9H2,1-5H3,(H2,20,24)(H,21,26). The number of ether oxygens (including phenoxy) is 3. The van der Waals surface area contributed by atoms with Crippen LogP contribution >= 0.6 is 0 Å². The van der Waals surface area contributed by atoms with Gasteiger partial charge in [-0.1, -0.05) is 0 Å². The topological polar surface area (TPSA) is 126 Å². The Kier molecular flexibility index (Phi) is 5.71. The van der Waals surface area contributed by atoms with Gasteiger partial charge in [0.1, 0.15) is 0 Å². The van der Waals surface area contributed by atoms with E-state index in [0.29, 0.717) is 35.3 Å². The number of rotatable bonds is 7. The number of nitrogens with one attached hydrogen (secondary N) is 1. The first-order valence-corrected chi connectivity index (χ1v) is 8.91. The third kappa shape index (κ3) is 4.00. The minimum absolute atomic E-state index is 0.143. The number of carbonyl (C=O) groups is 1. The summed E-state index contributed by atoms with van der Waals surface area (Å²) >= 11 is 0. The molecule has 0 aliphatic heterocycles. The summed E-state index contributed by atoms with van der Waals surface area (Å²) in [6.45, 7) is 4.00. The van der Waals surface area contributed by atoms with E-state index in [0.717, 1.165) is 16.8 Å². The number of methoxy groups -OCH3 is 3. The second-order valence-corrected chi connectivity index (χ2v) is 6.43. The maximum Gasteiger partial charge on any atom is 0.254 e. The molecule has 0 aliphatic carbocycles. The Bertz CT molecular complexity index is 1040. The van der Waals surface area contributed by atoms with Crippen molar-refractivity contribution in [3.05, 3.63) is 34.6 Å². The smallest absolute Gasteiger partial charge is 0.254 e. The lowest BCUT2D eigenvalue weighted by Crippen LogP contribution is -2.26. The third-order valence-electron chi connectivity index (χ3n) is 4.62. The van der Waals surface area contributed by atoms with Gasteiger partial charge in [-0.05, 0) is 31.5 Å². The number of carbonyl (C=O) groups excluding carboxylic acids is 1. The molecule has 29 heavy (non-hydrogen) atoms. The fourth-order valence-corrected chi connectivity index (χ4v) is 3.14. The normalized spacial score (nSPS) is 10.8. The highest BCUT2D eigenvalue weighted by Crippen LogP contribution is 2.38. The molecule has 0 spiro atoms. The monoisotopic (exact) mass is 400 g/mol. The second kappa shape index (κ2) is 8.21. The van der Waals surface area contributed by atoms with E-state index < -0.39 is 0 Å². The largest absolute Gasteiger partial charge is 0.493 e.